The van der Waals surface area contributed by atoms with Crippen LogP contribution in [0.25, 0.3) is 0 Å². The molecule has 0 amide bonds. The Labute approximate surface area is 95.5 Å². The minimum atomic E-state index is -0.0687. The quantitative estimate of drug-likeness (QED) is 0.706. The molecule has 0 bridgehead atoms. The molecule has 0 aliphatic carbocycles. The second-order valence-corrected chi connectivity index (χ2v) is 3.40. The fraction of sp³-hybridized carbons (Fsp3) is 0.636. The Hall–Kier alpha value is -1.36. The first kappa shape index (κ1) is 12.7. The Morgan fingerprint density at radius 3 is 3.00 bits per heavy atom. The minimum Gasteiger partial charge on any atom is -0.380 e. The van der Waals surface area contributed by atoms with Crippen LogP contribution in [0.1, 0.15) is 20.3 Å². The molecule has 0 radical (unpaired) electrons. The third-order valence-corrected chi connectivity index (χ3v) is 2.12. The molecule has 0 saturated carbocycles. The summed E-state index contributed by atoms with van der Waals surface area (Å²) in [6.07, 6.45) is 4.28. The number of aromatic nitrogens is 2. The number of ether oxygens (including phenoxy) is 1. The molecular formula is C11H19N3O2. The minimum absolute atomic E-state index is 0.0687. The predicted molar refractivity (Wildman–Crippen MR) is 63.8 cm³/mol. The molecule has 0 spiro atoms. The molecule has 0 aliphatic rings. The average molecular weight is 225 g/mol. The van der Waals surface area contributed by atoms with Gasteiger partial charge in [-0.3, -0.25) is 4.79 Å². The highest BCUT2D eigenvalue weighted by Gasteiger charge is 2.02. The fourth-order valence-corrected chi connectivity index (χ4v) is 1.37. The van der Waals surface area contributed by atoms with E-state index in [0.717, 1.165) is 13.0 Å². The highest BCUT2D eigenvalue weighted by Crippen LogP contribution is 1.93. The summed E-state index contributed by atoms with van der Waals surface area (Å²) in [5.74, 6) is 0.399. The van der Waals surface area contributed by atoms with E-state index in [4.69, 9.17) is 4.74 Å². The van der Waals surface area contributed by atoms with Gasteiger partial charge in [0, 0.05) is 32.1 Å². The van der Waals surface area contributed by atoms with E-state index in [1.54, 1.807) is 17.0 Å². The van der Waals surface area contributed by atoms with E-state index in [1.807, 2.05) is 13.8 Å². The zero-order valence-electron chi connectivity index (χ0n) is 9.90. The second-order valence-electron chi connectivity index (χ2n) is 3.40. The van der Waals surface area contributed by atoms with E-state index in [9.17, 15) is 4.79 Å². The molecule has 0 aliphatic heterocycles. The van der Waals surface area contributed by atoms with Gasteiger partial charge in [-0.1, -0.05) is 6.92 Å². The van der Waals surface area contributed by atoms with Crippen molar-refractivity contribution >= 4 is 5.82 Å². The van der Waals surface area contributed by atoms with Gasteiger partial charge in [0.25, 0.3) is 5.56 Å². The van der Waals surface area contributed by atoms with Crippen molar-refractivity contribution in [2.75, 3.05) is 25.1 Å². The summed E-state index contributed by atoms with van der Waals surface area (Å²) in [7, 11) is 0. The molecule has 1 rings (SSSR count). The summed E-state index contributed by atoms with van der Waals surface area (Å²) in [5.41, 5.74) is -0.0687. The van der Waals surface area contributed by atoms with Crippen LogP contribution in [0.4, 0.5) is 5.82 Å². The van der Waals surface area contributed by atoms with Gasteiger partial charge >= 0.3 is 0 Å². The van der Waals surface area contributed by atoms with E-state index in [-0.39, 0.29) is 5.56 Å². The molecule has 1 aromatic rings. The van der Waals surface area contributed by atoms with Gasteiger partial charge in [-0.25, -0.2) is 4.98 Å². The zero-order valence-corrected chi connectivity index (χ0v) is 9.90. The maximum absolute atomic E-state index is 11.8. The van der Waals surface area contributed by atoms with E-state index in [2.05, 4.69) is 10.3 Å². The van der Waals surface area contributed by atoms with Crippen molar-refractivity contribution in [3.8, 4) is 0 Å². The zero-order chi connectivity index (χ0) is 11.8. The molecular weight excluding hydrogens is 206 g/mol. The van der Waals surface area contributed by atoms with Crippen LogP contribution in [0.2, 0.25) is 0 Å². The molecule has 0 unspecified atom stereocenters. The molecule has 90 valence electrons. The third-order valence-electron chi connectivity index (χ3n) is 2.12. The van der Waals surface area contributed by atoms with Crippen LogP contribution in [0, 0.1) is 0 Å². The Bertz CT molecular complexity index is 362. The number of hydrogen-bond acceptors (Lipinski definition) is 4. The summed E-state index contributed by atoms with van der Waals surface area (Å²) in [5, 5.41) is 2.98. The van der Waals surface area contributed by atoms with E-state index in [0.29, 0.717) is 25.6 Å². The van der Waals surface area contributed by atoms with Crippen LogP contribution in [0.15, 0.2) is 17.2 Å². The van der Waals surface area contributed by atoms with Crippen molar-refractivity contribution in [1.29, 1.82) is 0 Å². The summed E-state index contributed by atoms with van der Waals surface area (Å²) >= 11 is 0. The largest absolute Gasteiger partial charge is 0.380 e. The molecule has 0 saturated heterocycles. The Kier molecular flexibility index (Phi) is 5.56. The predicted octanol–water partition coefficient (Wildman–Crippen LogP) is 1.10. The van der Waals surface area contributed by atoms with Crippen LogP contribution in [0.3, 0.4) is 0 Å². The monoisotopic (exact) mass is 225 g/mol. The number of anilines is 1. The molecule has 0 fully saturated rings. The maximum Gasteiger partial charge on any atom is 0.293 e. The molecule has 0 aromatic carbocycles. The van der Waals surface area contributed by atoms with Gasteiger partial charge in [0.1, 0.15) is 0 Å². The van der Waals surface area contributed by atoms with Crippen molar-refractivity contribution in [3.05, 3.63) is 22.7 Å². The van der Waals surface area contributed by atoms with E-state index < -0.39 is 0 Å². The van der Waals surface area contributed by atoms with Crippen molar-refractivity contribution < 1.29 is 4.74 Å². The van der Waals surface area contributed by atoms with Gasteiger partial charge in [-0.2, -0.15) is 0 Å². The van der Waals surface area contributed by atoms with Gasteiger partial charge in [0.15, 0.2) is 5.82 Å². The maximum atomic E-state index is 11.8. The molecule has 16 heavy (non-hydrogen) atoms. The number of nitrogens with zero attached hydrogens (tertiary/aromatic N) is 2. The lowest BCUT2D eigenvalue weighted by atomic mass is 10.4. The van der Waals surface area contributed by atoms with Crippen LogP contribution >= 0.6 is 0 Å². The fourth-order valence-electron chi connectivity index (χ4n) is 1.37. The van der Waals surface area contributed by atoms with E-state index >= 15 is 0 Å². The number of aryl methyl sites for hydroxylation is 1. The van der Waals surface area contributed by atoms with Crippen LogP contribution in [-0.4, -0.2) is 29.3 Å². The first-order valence-electron chi connectivity index (χ1n) is 5.66. The van der Waals surface area contributed by atoms with Gasteiger partial charge < -0.3 is 14.6 Å². The lowest BCUT2D eigenvalue weighted by Gasteiger charge is -2.07. The lowest BCUT2D eigenvalue weighted by molar-refractivity contribution is 0.158. The summed E-state index contributed by atoms with van der Waals surface area (Å²) in [6, 6.07) is 0. The number of nitrogens with one attached hydrogen (secondary N) is 1. The van der Waals surface area contributed by atoms with Crippen molar-refractivity contribution in [1.82, 2.24) is 9.55 Å². The second kappa shape index (κ2) is 7.00. The van der Waals surface area contributed by atoms with Crippen LogP contribution in [-0.2, 0) is 11.3 Å². The van der Waals surface area contributed by atoms with Gasteiger partial charge in [0.05, 0.1) is 6.61 Å². The summed E-state index contributed by atoms with van der Waals surface area (Å²) in [4.78, 5) is 15.8. The first-order chi connectivity index (χ1) is 7.79. The molecule has 5 nitrogen and oxygen atoms in total. The highest BCUT2D eigenvalue weighted by molar-refractivity contribution is 5.30. The van der Waals surface area contributed by atoms with Gasteiger partial charge in [-0.15, -0.1) is 0 Å². The highest BCUT2D eigenvalue weighted by atomic mass is 16.5. The van der Waals surface area contributed by atoms with Gasteiger partial charge in [0.2, 0.25) is 0 Å². The number of hydrogen-bond donors (Lipinski definition) is 1. The van der Waals surface area contributed by atoms with E-state index in [1.165, 1.54) is 0 Å². The standard InChI is InChI=1S/C11H19N3O2/c1-3-7-14-8-5-12-10(11(14)15)13-6-9-16-4-2/h5,8H,3-4,6-7,9H2,1-2H3,(H,12,13). The molecule has 1 heterocycles. The normalized spacial score (nSPS) is 10.4. The average Bonchev–Trinajstić information content (AvgIpc) is 2.29. The molecule has 1 N–H and O–H groups in total. The van der Waals surface area contributed by atoms with Crippen LogP contribution in [0.5, 0.6) is 0 Å². The molecule has 1 aromatic heterocycles. The van der Waals surface area contributed by atoms with Crippen LogP contribution < -0.4 is 10.9 Å². The summed E-state index contributed by atoms with van der Waals surface area (Å²) < 4.78 is 6.84. The van der Waals surface area contributed by atoms with Crippen molar-refractivity contribution in [2.24, 2.45) is 0 Å². The lowest BCUT2D eigenvalue weighted by Crippen LogP contribution is -2.25. The Balaban J connectivity index is 2.59. The van der Waals surface area contributed by atoms with Crippen molar-refractivity contribution in [2.45, 2.75) is 26.8 Å². The smallest absolute Gasteiger partial charge is 0.293 e. The third kappa shape index (κ3) is 3.66. The van der Waals surface area contributed by atoms with Crippen molar-refractivity contribution in [3.63, 3.8) is 0 Å². The Morgan fingerprint density at radius 1 is 1.50 bits per heavy atom. The number of rotatable bonds is 7. The Morgan fingerprint density at radius 2 is 2.31 bits per heavy atom. The SMILES string of the molecule is CCCn1ccnc(NCCOCC)c1=O. The molecule has 5 heteroatoms. The topological polar surface area (TPSA) is 56.1 Å². The summed E-state index contributed by atoms with van der Waals surface area (Å²) in [6.45, 7) is 6.57. The molecule has 0 atom stereocenters. The van der Waals surface area contributed by atoms with Gasteiger partial charge in [-0.05, 0) is 13.3 Å². The first-order valence-corrected chi connectivity index (χ1v) is 5.66.